The molecule has 2 rings (SSSR count). The van der Waals surface area contributed by atoms with E-state index in [0.29, 0.717) is 24.6 Å². The predicted octanol–water partition coefficient (Wildman–Crippen LogP) is 3.42. The van der Waals surface area contributed by atoms with E-state index in [4.69, 9.17) is 9.47 Å². The first-order valence-corrected chi connectivity index (χ1v) is 7.13. The molecule has 0 spiro atoms. The molecular formula is C17H20N2O3. The topological polar surface area (TPSA) is 59.6 Å². The van der Waals surface area contributed by atoms with Crippen molar-refractivity contribution in [3.8, 4) is 11.5 Å². The van der Waals surface area contributed by atoms with Gasteiger partial charge >= 0.3 is 6.03 Å². The third kappa shape index (κ3) is 4.15. The lowest BCUT2D eigenvalue weighted by molar-refractivity contribution is 0.251. The molecule has 0 aliphatic carbocycles. The summed E-state index contributed by atoms with van der Waals surface area (Å²) in [4.78, 5) is 12.0. The van der Waals surface area contributed by atoms with E-state index in [1.54, 1.807) is 19.2 Å². The minimum absolute atomic E-state index is 0.296. The standard InChI is InChI=1S/C17H20N2O3/c1-3-22-15-10-6-4-8-13(15)12-18-17(20)19-14-9-5-7-11-16(14)21-2/h4-11H,3,12H2,1-2H3,(H2,18,19,20). The number of urea groups is 1. The number of methoxy groups -OCH3 is 1. The molecule has 0 atom stereocenters. The average Bonchev–Trinajstić information content (AvgIpc) is 2.55. The molecule has 5 nitrogen and oxygen atoms in total. The fourth-order valence-electron chi connectivity index (χ4n) is 2.04. The van der Waals surface area contributed by atoms with Gasteiger partial charge in [0.05, 0.1) is 19.4 Å². The fourth-order valence-corrected chi connectivity index (χ4v) is 2.04. The molecule has 0 unspecified atom stereocenters. The number of nitrogens with one attached hydrogen (secondary N) is 2. The van der Waals surface area contributed by atoms with Crippen LogP contribution in [0.15, 0.2) is 48.5 Å². The molecule has 2 N–H and O–H groups in total. The Kier molecular flexibility index (Phi) is 5.65. The first-order chi connectivity index (χ1) is 10.7. The number of rotatable bonds is 6. The summed E-state index contributed by atoms with van der Waals surface area (Å²) in [7, 11) is 1.57. The quantitative estimate of drug-likeness (QED) is 0.859. The van der Waals surface area contributed by atoms with E-state index in [2.05, 4.69) is 10.6 Å². The van der Waals surface area contributed by atoms with Crippen molar-refractivity contribution in [2.24, 2.45) is 0 Å². The Morgan fingerprint density at radius 3 is 2.45 bits per heavy atom. The fraction of sp³-hybridized carbons (Fsp3) is 0.235. The Bertz CT molecular complexity index is 629. The molecule has 0 bridgehead atoms. The van der Waals surface area contributed by atoms with Crippen LogP contribution in [0.1, 0.15) is 12.5 Å². The van der Waals surface area contributed by atoms with Crippen LogP contribution >= 0.6 is 0 Å². The van der Waals surface area contributed by atoms with E-state index >= 15 is 0 Å². The van der Waals surface area contributed by atoms with Crippen LogP contribution in [-0.2, 0) is 6.54 Å². The van der Waals surface area contributed by atoms with E-state index in [9.17, 15) is 4.79 Å². The van der Waals surface area contributed by atoms with Gasteiger partial charge in [0, 0.05) is 12.1 Å². The molecule has 0 radical (unpaired) electrons. The zero-order chi connectivity index (χ0) is 15.8. The first kappa shape index (κ1) is 15.7. The number of carbonyl (C=O) groups is 1. The van der Waals surface area contributed by atoms with Crippen molar-refractivity contribution in [1.29, 1.82) is 0 Å². The Morgan fingerprint density at radius 2 is 1.73 bits per heavy atom. The Morgan fingerprint density at radius 1 is 1.05 bits per heavy atom. The lowest BCUT2D eigenvalue weighted by atomic mass is 10.2. The second-order valence-electron chi connectivity index (χ2n) is 4.55. The Balaban J connectivity index is 1.96. The summed E-state index contributed by atoms with van der Waals surface area (Å²) in [5, 5.41) is 5.58. The summed E-state index contributed by atoms with van der Waals surface area (Å²) in [6.07, 6.45) is 0. The number of para-hydroxylation sites is 3. The van der Waals surface area contributed by atoms with Crippen LogP contribution < -0.4 is 20.1 Å². The number of benzene rings is 2. The van der Waals surface area contributed by atoms with E-state index < -0.39 is 0 Å². The van der Waals surface area contributed by atoms with Gasteiger partial charge in [0.1, 0.15) is 11.5 Å². The highest BCUT2D eigenvalue weighted by Gasteiger charge is 2.08. The molecular weight excluding hydrogens is 280 g/mol. The van der Waals surface area contributed by atoms with Gasteiger partial charge in [-0.15, -0.1) is 0 Å². The van der Waals surface area contributed by atoms with Gasteiger partial charge in [-0.3, -0.25) is 0 Å². The van der Waals surface area contributed by atoms with Crippen molar-refractivity contribution < 1.29 is 14.3 Å². The second-order valence-corrected chi connectivity index (χ2v) is 4.55. The molecule has 0 aromatic heterocycles. The Labute approximate surface area is 130 Å². The lowest BCUT2D eigenvalue weighted by Gasteiger charge is -2.13. The summed E-state index contributed by atoms with van der Waals surface area (Å²) in [5.41, 5.74) is 1.56. The average molecular weight is 300 g/mol. The van der Waals surface area contributed by atoms with Crippen LogP contribution in [0.5, 0.6) is 11.5 Å². The summed E-state index contributed by atoms with van der Waals surface area (Å²) in [6.45, 7) is 2.90. The van der Waals surface area contributed by atoms with E-state index in [-0.39, 0.29) is 6.03 Å². The van der Waals surface area contributed by atoms with Gasteiger partial charge in [-0.2, -0.15) is 0 Å². The highest BCUT2D eigenvalue weighted by molar-refractivity contribution is 5.90. The number of hydrogen-bond donors (Lipinski definition) is 2. The molecule has 2 aromatic carbocycles. The molecule has 0 aliphatic heterocycles. The zero-order valence-electron chi connectivity index (χ0n) is 12.8. The number of hydrogen-bond acceptors (Lipinski definition) is 3. The zero-order valence-corrected chi connectivity index (χ0v) is 12.8. The molecule has 5 heteroatoms. The molecule has 116 valence electrons. The van der Waals surface area contributed by atoms with Gasteiger partial charge in [-0.25, -0.2) is 4.79 Å². The Hall–Kier alpha value is -2.69. The number of amides is 2. The molecule has 22 heavy (non-hydrogen) atoms. The maximum Gasteiger partial charge on any atom is 0.319 e. The van der Waals surface area contributed by atoms with Crippen LogP contribution in [0.4, 0.5) is 10.5 Å². The summed E-state index contributed by atoms with van der Waals surface area (Å²) >= 11 is 0. The van der Waals surface area contributed by atoms with Crippen molar-refractivity contribution in [2.75, 3.05) is 19.0 Å². The van der Waals surface area contributed by atoms with Crippen LogP contribution in [0.3, 0.4) is 0 Å². The minimum Gasteiger partial charge on any atom is -0.495 e. The highest BCUT2D eigenvalue weighted by Crippen LogP contribution is 2.23. The van der Waals surface area contributed by atoms with E-state index in [1.165, 1.54) is 0 Å². The third-order valence-corrected chi connectivity index (χ3v) is 3.07. The molecule has 0 aliphatic rings. The summed E-state index contributed by atoms with van der Waals surface area (Å²) in [5.74, 6) is 1.40. The van der Waals surface area contributed by atoms with Crippen molar-refractivity contribution in [1.82, 2.24) is 5.32 Å². The normalized spacial score (nSPS) is 9.91. The van der Waals surface area contributed by atoms with Crippen molar-refractivity contribution in [3.63, 3.8) is 0 Å². The highest BCUT2D eigenvalue weighted by atomic mass is 16.5. The van der Waals surface area contributed by atoms with Gasteiger partial charge in [0.15, 0.2) is 0 Å². The monoisotopic (exact) mass is 300 g/mol. The van der Waals surface area contributed by atoms with Crippen LogP contribution in [0.2, 0.25) is 0 Å². The second kappa shape index (κ2) is 7.93. The first-order valence-electron chi connectivity index (χ1n) is 7.13. The number of carbonyl (C=O) groups excluding carboxylic acids is 1. The molecule has 0 heterocycles. The molecule has 2 amide bonds. The largest absolute Gasteiger partial charge is 0.495 e. The molecule has 0 saturated carbocycles. The smallest absolute Gasteiger partial charge is 0.319 e. The van der Waals surface area contributed by atoms with Crippen molar-refractivity contribution >= 4 is 11.7 Å². The van der Waals surface area contributed by atoms with Crippen LogP contribution in [0, 0.1) is 0 Å². The number of anilines is 1. The van der Waals surface area contributed by atoms with Crippen LogP contribution in [0.25, 0.3) is 0 Å². The molecule has 2 aromatic rings. The summed E-state index contributed by atoms with van der Waals surface area (Å²) in [6, 6.07) is 14.6. The lowest BCUT2D eigenvalue weighted by Crippen LogP contribution is -2.28. The maximum absolute atomic E-state index is 12.0. The van der Waals surface area contributed by atoms with Gasteiger partial charge < -0.3 is 20.1 Å². The molecule has 0 saturated heterocycles. The maximum atomic E-state index is 12.0. The van der Waals surface area contributed by atoms with Crippen molar-refractivity contribution in [3.05, 3.63) is 54.1 Å². The van der Waals surface area contributed by atoms with E-state index in [0.717, 1.165) is 11.3 Å². The van der Waals surface area contributed by atoms with Crippen LogP contribution in [-0.4, -0.2) is 19.7 Å². The third-order valence-electron chi connectivity index (χ3n) is 3.07. The van der Waals surface area contributed by atoms with Gasteiger partial charge in [0.25, 0.3) is 0 Å². The SMILES string of the molecule is CCOc1ccccc1CNC(=O)Nc1ccccc1OC. The van der Waals surface area contributed by atoms with E-state index in [1.807, 2.05) is 43.3 Å². The number of ether oxygens (including phenoxy) is 2. The van der Waals surface area contributed by atoms with Gasteiger partial charge in [0.2, 0.25) is 0 Å². The molecule has 0 fully saturated rings. The van der Waals surface area contributed by atoms with Crippen molar-refractivity contribution in [2.45, 2.75) is 13.5 Å². The minimum atomic E-state index is -0.296. The van der Waals surface area contributed by atoms with Gasteiger partial charge in [-0.1, -0.05) is 30.3 Å². The van der Waals surface area contributed by atoms with Gasteiger partial charge in [-0.05, 0) is 25.1 Å². The summed E-state index contributed by atoms with van der Waals surface area (Å²) < 4.78 is 10.7. The predicted molar refractivity (Wildman–Crippen MR) is 86.5 cm³/mol.